The number of fused-ring (bicyclic) bond motifs is 1. The molecule has 2 aromatic carbocycles. The standard InChI is InChI=1S/C16H13F3N2O.C9H12O3/c1-10-11-5-2-3-7-14(11)21(15(10)22)9-13-12(16(17,18)19)6-4-8-20-13;1-10-7-4-5-8(11-2)9(6-7)12-3/h2-8,10H,9H2,1H3;4-6H,1-3H3. The molecule has 6 nitrogen and oxygen atoms in total. The Labute approximate surface area is 195 Å². The van der Waals surface area contributed by atoms with Crippen molar-refractivity contribution < 1.29 is 32.2 Å². The summed E-state index contributed by atoms with van der Waals surface area (Å²) in [6, 6.07) is 14.8. The quantitative estimate of drug-likeness (QED) is 0.491. The molecular formula is C25H25F3N2O4. The molecule has 1 amide bonds. The first-order chi connectivity index (χ1) is 16.2. The number of rotatable bonds is 5. The highest BCUT2D eigenvalue weighted by Crippen LogP contribution is 2.39. The van der Waals surface area contributed by atoms with Gasteiger partial charge in [0.25, 0.3) is 0 Å². The second-order valence-electron chi connectivity index (χ2n) is 7.42. The van der Waals surface area contributed by atoms with Crippen molar-refractivity contribution in [2.75, 3.05) is 26.2 Å². The Morgan fingerprint density at radius 3 is 2.29 bits per heavy atom. The molecule has 1 aliphatic rings. The lowest BCUT2D eigenvalue weighted by Gasteiger charge is -2.20. The smallest absolute Gasteiger partial charge is 0.418 e. The van der Waals surface area contributed by atoms with E-state index in [9.17, 15) is 18.0 Å². The van der Waals surface area contributed by atoms with E-state index in [0.29, 0.717) is 17.2 Å². The molecule has 1 unspecified atom stereocenters. The van der Waals surface area contributed by atoms with Crippen molar-refractivity contribution in [2.24, 2.45) is 0 Å². The van der Waals surface area contributed by atoms with Crippen LogP contribution >= 0.6 is 0 Å². The van der Waals surface area contributed by atoms with Gasteiger partial charge in [-0.1, -0.05) is 18.2 Å². The summed E-state index contributed by atoms with van der Waals surface area (Å²) in [5, 5.41) is 0. The van der Waals surface area contributed by atoms with Crippen LogP contribution in [0.15, 0.2) is 60.8 Å². The van der Waals surface area contributed by atoms with Crippen LogP contribution in [0, 0.1) is 0 Å². The Hall–Kier alpha value is -3.75. The highest BCUT2D eigenvalue weighted by atomic mass is 19.4. The van der Waals surface area contributed by atoms with Gasteiger partial charge in [-0.3, -0.25) is 9.78 Å². The number of anilines is 1. The number of pyridine rings is 1. The number of methoxy groups -OCH3 is 3. The molecule has 4 rings (SSSR count). The number of nitrogens with zero attached hydrogens (tertiary/aromatic N) is 2. The maximum atomic E-state index is 13.0. The third-order valence-corrected chi connectivity index (χ3v) is 5.42. The fourth-order valence-electron chi connectivity index (χ4n) is 3.66. The van der Waals surface area contributed by atoms with Gasteiger partial charge in [0.2, 0.25) is 5.91 Å². The van der Waals surface area contributed by atoms with E-state index in [-0.39, 0.29) is 24.1 Å². The molecular weight excluding hydrogens is 449 g/mol. The number of alkyl halides is 3. The molecule has 1 atom stereocenters. The lowest BCUT2D eigenvalue weighted by Crippen LogP contribution is -2.29. The van der Waals surface area contributed by atoms with E-state index in [1.54, 1.807) is 52.5 Å². The number of carbonyl (C=O) groups excluding carboxylic acids is 1. The van der Waals surface area contributed by atoms with Crippen molar-refractivity contribution in [2.45, 2.75) is 25.6 Å². The number of aromatic nitrogens is 1. The molecule has 34 heavy (non-hydrogen) atoms. The van der Waals surface area contributed by atoms with Gasteiger partial charge in [-0.05, 0) is 42.8 Å². The molecule has 0 saturated carbocycles. The summed E-state index contributed by atoms with van der Waals surface area (Å²) in [4.78, 5) is 17.5. The van der Waals surface area contributed by atoms with Crippen LogP contribution in [0.3, 0.4) is 0 Å². The van der Waals surface area contributed by atoms with Crippen molar-refractivity contribution in [1.82, 2.24) is 4.98 Å². The Balaban J connectivity index is 0.000000229. The predicted octanol–water partition coefficient (Wildman–Crippen LogP) is 5.46. The molecule has 1 aromatic heterocycles. The zero-order chi connectivity index (χ0) is 24.9. The van der Waals surface area contributed by atoms with Crippen LogP contribution in [0.1, 0.15) is 29.7 Å². The number of amides is 1. The van der Waals surface area contributed by atoms with E-state index in [0.717, 1.165) is 17.4 Å². The van der Waals surface area contributed by atoms with Gasteiger partial charge in [0, 0.05) is 18.0 Å². The highest BCUT2D eigenvalue weighted by Gasteiger charge is 2.38. The first-order valence-electron chi connectivity index (χ1n) is 10.4. The van der Waals surface area contributed by atoms with Crippen LogP contribution in [-0.2, 0) is 17.5 Å². The van der Waals surface area contributed by atoms with Gasteiger partial charge >= 0.3 is 6.18 Å². The molecule has 0 saturated heterocycles. The van der Waals surface area contributed by atoms with Gasteiger partial charge in [0.05, 0.1) is 45.0 Å². The highest BCUT2D eigenvalue weighted by molar-refractivity contribution is 6.04. The number of hydrogen-bond acceptors (Lipinski definition) is 5. The van der Waals surface area contributed by atoms with Crippen molar-refractivity contribution in [3.63, 3.8) is 0 Å². The largest absolute Gasteiger partial charge is 0.497 e. The van der Waals surface area contributed by atoms with Crippen LogP contribution < -0.4 is 19.1 Å². The van der Waals surface area contributed by atoms with Crippen LogP contribution in [0.4, 0.5) is 18.9 Å². The molecule has 3 aromatic rings. The lowest BCUT2D eigenvalue weighted by molar-refractivity contribution is -0.138. The van der Waals surface area contributed by atoms with Gasteiger partial charge in [0.15, 0.2) is 11.5 Å². The fraction of sp³-hybridized carbons (Fsp3) is 0.280. The van der Waals surface area contributed by atoms with Crippen LogP contribution in [0.25, 0.3) is 0 Å². The van der Waals surface area contributed by atoms with Gasteiger partial charge in [-0.2, -0.15) is 13.2 Å². The summed E-state index contributed by atoms with van der Waals surface area (Å²) in [5.74, 6) is 1.58. The van der Waals surface area contributed by atoms with E-state index < -0.39 is 11.7 Å². The van der Waals surface area contributed by atoms with Crippen molar-refractivity contribution >= 4 is 11.6 Å². The fourth-order valence-corrected chi connectivity index (χ4v) is 3.66. The molecule has 0 spiro atoms. The third kappa shape index (κ3) is 5.24. The van der Waals surface area contributed by atoms with Crippen LogP contribution in [0.5, 0.6) is 17.2 Å². The van der Waals surface area contributed by atoms with Gasteiger partial charge in [-0.15, -0.1) is 0 Å². The first-order valence-corrected chi connectivity index (χ1v) is 10.4. The zero-order valence-electron chi connectivity index (χ0n) is 19.2. The maximum absolute atomic E-state index is 13.0. The summed E-state index contributed by atoms with van der Waals surface area (Å²) in [5.41, 5.74) is 0.530. The number of halogens is 3. The lowest BCUT2D eigenvalue weighted by atomic mass is 10.0. The minimum Gasteiger partial charge on any atom is -0.497 e. The molecule has 0 bridgehead atoms. The summed E-state index contributed by atoms with van der Waals surface area (Å²) in [6.45, 7) is 1.57. The minimum atomic E-state index is -4.49. The number of carbonyl (C=O) groups is 1. The van der Waals surface area contributed by atoms with E-state index in [1.807, 2.05) is 18.2 Å². The molecule has 0 N–H and O–H groups in total. The van der Waals surface area contributed by atoms with E-state index >= 15 is 0 Å². The van der Waals surface area contributed by atoms with Crippen LogP contribution in [-0.4, -0.2) is 32.2 Å². The van der Waals surface area contributed by atoms with E-state index in [1.165, 1.54) is 17.2 Å². The molecule has 9 heteroatoms. The second-order valence-corrected chi connectivity index (χ2v) is 7.42. The summed E-state index contributed by atoms with van der Waals surface area (Å²) in [6.07, 6.45) is -3.18. The number of hydrogen-bond donors (Lipinski definition) is 0. The topological polar surface area (TPSA) is 60.9 Å². The predicted molar refractivity (Wildman–Crippen MR) is 121 cm³/mol. The average molecular weight is 474 g/mol. The van der Waals surface area contributed by atoms with Crippen molar-refractivity contribution in [3.8, 4) is 17.2 Å². The summed E-state index contributed by atoms with van der Waals surface area (Å²) < 4.78 is 54.3. The number of para-hydroxylation sites is 1. The molecule has 1 aliphatic heterocycles. The molecule has 180 valence electrons. The zero-order valence-corrected chi connectivity index (χ0v) is 19.2. The Morgan fingerprint density at radius 2 is 1.65 bits per heavy atom. The van der Waals surface area contributed by atoms with E-state index in [2.05, 4.69) is 4.98 Å². The molecule has 2 heterocycles. The van der Waals surface area contributed by atoms with Gasteiger partial charge in [0.1, 0.15) is 5.75 Å². The van der Waals surface area contributed by atoms with Crippen molar-refractivity contribution in [1.29, 1.82) is 0 Å². The Kier molecular flexibility index (Phi) is 7.65. The minimum absolute atomic E-state index is 0.146. The molecule has 0 aliphatic carbocycles. The maximum Gasteiger partial charge on any atom is 0.418 e. The molecule has 0 fully saturated rings. The number of benzene rings is 2. The van der Waals surface area contributed by atoms with Crippen LogP contribution in [0.2, 0.25) is 0 Å². The number of ether oxygens (including phenoxy) is 3. The van der Waals surface area contributed by atoms with Gasteiger partial charge in [-0.25, -0.2) is 0 Å². The summed E-state index contributed by atoms with van der Waals surface area (Å²) >= 11 is 0. The average Bonchev–Trinajstić information content (AvgIpc) is 3.08. The third-order valence-electron chi connectivity index (χ3n) is 5.42. The SMILES string of the molecule is CC1C(=O)N(Cc2ncccc2C(F)(F)F)c2ccccc21.COc1ccc(OC)c(OC)c1. The monoisotopic (exact) mass is 474 g/mol. The second kappa shape index (κ2) is 10.5. The van der Waals surface area contributed by atoms with Gasteiger partial charge < -0.3 is 19.1 Å². The van der Waals surface area contributed by atoms with Crippen molar-refractivity contribution in [3.05, 3.63) is 77.6 Å². The normalized spacial score (nSPS) is 14.7. The summed E-state index contributed by atoms with van der Waals surface area (Å²) in [7, 11) is 4.81. The Morgan fingerprint density at radius 1 is 0.941 bits per heavy atom. The Bertz CT molecular complexity index is 1150. The van der Waals surface area contributed by atoms with E-state index in [4.69, 9.17) is 14.2 Å². The molecule has 0 radical (unpaired) electrons. The first kappa shape index (κ1) is 24.9.